The summed E-state index contributed by atoms with van der Waals surface area (Å²) in [5.74, 6) is 1.70. The molecule has 0 aromatic heterocycles. The van der Waals surface area contributed by atoms with Gasteiger partial charge in [0.05, 0.1) is 18.7 Å². The van der Waals surface area contributed by atoms with Crippen molar-refractivity contribution in [2.45, 2.75) is 10.7 Å². The molecule has 0 radical (unpaired) electrons. The highest BCUT2D eigenvalue weighted by Crippen LogP contribution is 2.39. The Morgan fingerprint density at radius 1 is 1.07 bits per heavy atom. The molecule has 5 heteroatoms. The van der Waals surface area contributed by atoms with Gasteiger partial charge in [-0.2, -0.15) is 0 Å². The average Bonchev–Trinajstić information content (AvgIpc) is 2.27. The van der Waals surface area contributed by atoms with Gasteiger partial charge in [-0.25, -0.2) is 0 Å². The van der Waals surface area contributed by atoms with Crippen molar-refractivity contribution in [3.63, 3.8) is 0 Å². The molecular weight excluding hydrogens is 392 g/mol. The van der Waals surface area contributed by atoms with Crippen molar-refractivity contribution in [1.29, 1.82) is 0 Å². The van der Waals surface area contributed by atoms with Crippen LogP contribution in [0.3, 0.4) is 0 Å². The lowest BCUT2D eigenvalue weighted by Crippen LogP contribution is -1.99. The predicted molar refractivity (Wildman–Crippen MR) is 72.5 cm³/mol. The Morgan fingerprint density at radius 3 is 2.07 bits per heavy atom. The molecule has 0 saturated carbocycles. The molecule has 0 unspecified atom stereocenters. The van der Waals surface area contributed by atoms with Gasteiger partial charge in [-0.15, -0.1) is 0 Å². The first-order valence-corrected chi connectivity index (χ1v) is 7.27. The molecule has 0 fully saturated rings. The minimum absolute atomic E-state index is 0.729. The number of hydrogen-bond donors (Lipinski definition) is 0. The van der Waals surface area contributed by atoms with Crippen LogP contribution in [0.1, 0.15) is 11.1 Å². The third-order valence-corrected chi connectivity index (χ3v) is 3.81. The van der Waals surface area contributed by atoms with Crippen LogP contribution in [-0.4, -0.2) is 14.2 Å². The summed E-state index contributed by atoms with van der Waals surface area (Å²) < 4.78 is 11.6. The standard InChI is InChI=1S/C10H11Br3O2/c1-14-9-3-8(13)10(15-2)7(5-12)6(9)4-11/h3H,4-5H2,1-2H3. The second-order valence-electron chi connectivity index (χ2n) is 2.82. The zero-order valence-corrected chi connectivity index (χ0v) is 13.2. The maximum absolute atomic E-state index is 5.36. The summed E-state index contributed by atoms with van der Waals surface area (Å²) in [7, 11) is 3.33. The summed E-state index contributed by atoms with van der Waals surface area (Å²) >= 11 is 10.4. The van der Waals surface area contributed by atoms with Crippen molar-refractivity contribution in [1.82, 2.24) is 0 Å². The summed E-state index contributed by atoms with van der Waals surface area (Å²) in [6.45, 7) is 0. The molecule has 0 N–H and O–H groups in total. The van der Waals surface area contributed by atoms with Crippen LogP contribution in [0, 0.1) is 0 Å². The molecule has 84 valence electrons. The van der Waals surface area contributed by atoms with Crippen molar-refractivity contribution in [3.05, 3.63) is 21.7 Å². The number of ether oxygens (including phenoxy) is 2. The van der Waals surface area contributed by atoms with E-state index in [4.69, 9.17) is 9.47 Å². The van der Waals surface area contributed by atoms with E-state index in [0.717, 1.165) is 37.8 Å². The molecular formula is C10H11Br3O2. The molecule has 0 aliphatic rings. The van der Waals surface area contributed by atoms with E-state index in [1.165, 1.54) is 0 Å². The number of alkyl halides is 2. The fourth-order valence-corrected chi connectivity index (χ4v) is 3.21. The van der Waals surface area contributed by atoms with Crippen molar-refractivity contribution in [2.75, 3.05) is 14.2 Å². The van der Waals surface area contributed by atoms with Crippen LogP contribution < -0.4 is 9.47 Å². The minimum Gasteiger partial charge on any atom is -0.496 e. The Bertz CT molecular complexity index is 353. The first-order chi connectivity index (χ1) is 7.19. The van der Waals surface area contributed by atoms with Crippen LogP contribution in [0.5, 0.6) is 11.5 Å². The van der Waals surface area contributed by atoms with E-state index >= 15 is 0 Å². The highest BCUT2D eigenvalue weighted by Gasteiger charge is 2.16. The van der Waals surface area contributed by atoms with Crippen LogP contribution in [0.15, 0.2) is 10.5 Å². The van der Waals surface area contributed by atoms with Gasteiger partial charge in [-0.3, -0.25) is 0 Å². The summed E-state index contributed by atoms with van der Waals surface area (Å²) in [4.78, 5) is 0. The van der Waals surface area contributed by atoms with Gasteiger partial charge in [0.15, 0.2) is 0 Å². The van der Waals surface area contributed by atoms with Gasteiger partial charge in [0.2, 0.25) is 0 Å². The maximum Gasteiger partial charge on any atom is 0.137 e. The topological polar surface area (TPSA) is 18.5 Å². The summed E-state index contributed by atoms with van der Waals surface area (Å²) in [6, 6.07) is 1.92. The fraction of sp³-hybridized carbons (Fsp3) is 0.400. The Labute approximate surface area is 115 Å². The van der Waals surface area contributed by atoms with Gasteiger partial charge < -0.3 is 9.47 Å². The molecule has 0 saturated heterocycles. The normalized spacial score (nSPS) is 10.2. The zero-order valence-electron chi connectivity index (χ0n) is 8.44. The highest BCUT2D eigenvalue weighted by atomic mass is 79.9. The summed E-state index contributed by atoms with van der Waals surface area (Å²) in [5, 5.41) is 1.47. The van der Waals surface area contributed by atoms with E-state index in [2.05, 4.69) is 47.8 Å². The molecule has 2 nitrogen and oxygen atoms in total. The van der Waals surface area contributed by atoms with Gasteiger partial charge in [-0.05, 0) is 22.0 Å². The monoisotopic (exact) mass is 400 g/mol. The highest BCUT2D eigenvalue weighted by molar-refractivity contribution is 9.10. The number of hydrogen-bond acceptors (Lipinski definition) is 2. The van der Waals surface area contributed by atoms with Crippen LogP contribution in [-0.2, 0) is 10.7 Å². The van der Waals surface area contributed by atoms with E-state index in [1.54, 1.807) is 14.2 Å². The van der Waals surface area contributed by atoms with E-state index < -0.39 is 0 Å². The van der Waals surface area contributed by atoms with Crippen LogP contribution in [0.25, 0.3) is 0 Å². The maximum atomic E-state index is 5.36. The largest absolute Gasteiger partial charge is 0.496 e. The van der Waals surface area contributed by atoms with Crippen molar-refractivity contribution in [3.8, 4) is 11.5 Å². The summed E-state index contributed by atoms with van der Waals surface area (Å²) in [6.07, 6.45) is 0. The third kappa shape index (κ3) is 2.68. The first kappa shape index (κ1) is 13.3. The molecule has 15 heavy (non-hydrogen) atoms. The lowest BCUT2D eigenvalue weighted by molar-refractivity contribution is 0.395. The molecule has 0 aliphatic carbocycles. The Kier molecular flexibility index (Phi) is 5.43. The molecule has 0 amide bonds. The van der Waals surface area contributed by atoms with Gasteiger partial charge in [-0.1, -0.05) is 31.9 Å². The number of rotatable bonds is 4. The smallest absolute Gasteiger partial charge is 0.137 e. The number of halogens is 3. The molecule has 0 heterocycles. The second-order valence-corrected chi connectivity index (χ2v) is 4.79. The molecule has 1 aromatic rings. The molecule has 1 rings (SSSR count). The van der Waals surface area contributed by atoms with E-state index in [-0.39, 0.29) is 0 Å². The lowest BCUT2D eigenvalue weighted by Gasteiger charge is -2.16. The number of methoxy groups -OCH3 is 2. The zero-order chi connectivity index (χ0) is 11.4. The molecule has 1 aromatic carbocycles. The predicted octanol–water partition coefficient (Wildman–Crippen LogP) is 4.26. The molecule has 0 bridgehead atoms. The Morgan fingerprint density at radius 2 is 1.67 bits per heavy atom. The average molecular weight is 403 g/mol. The molecule has 0 atom stereocenters. The Balaban J connectivity index is 3.44. The third-order valence-electron chi connectivity index (χ3n) is 2.10. The van der Waals surface area contributed by atoms with Crippen LogP contribution >= 0.6 is 47.8 Å². The van der Waals surface area contributed by atoms with Crippen molar-refractivity contribution >= 4 is 47.8 Å². The van der Waals surface area contributed by atoms with E-state index in [0.29, 0.717) is 0 Å². The van der Waals surface area contributed by atoms with Gasteiger partial charge in [0, 0.05) is 21.8 Å². The SMILES string of the molecule is COc1cc(Br)c(OC)c(CBr)c1CBr. The Hall–Kier alpha value is 0.260. The van der Waals surface area contributed by atoms with Crippen LogP contribution in [0.4, 0.5) is 0 Å². The van der Waals surface area contributed by atoms with Gasteiger partial charge in [0.1, 0.15) is 11.5 Å². The van der Waals surface area contributed by atoms with E-state index in [1.807, 2.05) is 6.07 Å². The van der Waals surface area contributed by atoms with E-state index in [9.17, 15) is 0 Å². The van der Waals surface area contributed by atoms with Gasteiger partial charge >= 0.3 is 0 Å². The number of benzene rings is 1. The first-order valence-electron chi connectivity index (χ1n) is 4.23. The van der Waals surface area contributed by atoms with Crippen LogP contribution in [0.2, 0.25) is 0 Å². The summed E-state index contributed by atoms with van der Waals surface area (Å²) in [5.41, 5.74) is 2.20. The lowest BCUT2D eigenvalue weighted by atomic mass is 10.1. The molecule has 0 aliphatic heterocycles. The molecule has 0 spiro atoms. The second kappa shape index (κ2) is 6.11. The fourth-order valence-electron chi connectivity index (χ4n) is 1.39. The minimum atomic E-state index is 0.729. The van der Waals surface area contributed by atoms with Crippen molar-refractivity contribution in [2.24, 2.45) is 0 Å². The van der Waals surface area contributed by atoms with Crippen molar-refractivity contribution < 1.29 is 9.47 Å². The quantitative estimate of drug-likeness (QED) is 0.701. The van der Waals surface area contributed by atoms with Gasteiger partial charge in [0.25, 0.3) is 0 Å².